The molecule has 0 spiro atoms. The number of carbonyl (C=O) groups is 1. The second kappa shape index (κ2) is 7.76. The van der Waals surface area contributed by atoms with Gasteiger partial charge >= 0.3 is 5.97 Å². The second-order valence-corrected chi connectivity index (χ2v) is 5.79. The number of benzene rings is 2. The number of aryl methyl sites for hydroxylation is 1. The van der Waals surface area contributed by atoms with Crippen LogP contribution in [0.15, 0.2) is 42.5 Å². The number of nitrogens with two attached hydrogens (primary N) is 1. The highest BCUT2D eigenvalue weighted by atomic mass is 16.4. The van der Waals surface area contributed by atoms with Gasteiger partial charge in [0.1, 0.15) is 0 Å². The third kappa shape index (κ3) is 4.71. The average molecular weight is 299 g/mol. The van der Waals surface area contributed by atoms with Crippen LogP contribution >= 0.6 is 0 Å². The molecule has 2 aromatic carbocycles. The van der Waals surface area contributed by atoms with Crippen molar-refractivity contribution in [2.45, 2.75) is 40.2 Å². The molecule has 0 aliphatic rings. The molecule has 2 aromatic rings. The van der Waals surface area contributed by atoms with Crippen molar-refractivity contribution >= 4 is 16.7 Å². The molecule has 3 N–H and O–H groups in total. The summed E-state index contributed by atoms with van der Waals surface area (Å²) in [5, 5.41) is 10.6. The fraction of sp³-hybridized carbons (Fsp3) is 0.316. The van der Waals surface area contributed by atoms with Crippen LogP contribution < -0.4 is 5.73 Å². The highest BCUT2D eigenvalue weighted by Gasteiger charge is 2.09. The summed E-state index contributed by atoms with van der Waals surface area (Å²) >= 11 is 0. The van der Waals surface area contributed by atoms with Crippen LogP contribution in [0.4, 0.5) is 0 Å². The number of carboxylic acid groups (broad SMARTS) is 1. The Labute approximate surface area is 132 Å². The van der Waals surface area contributed by atoms with Gasteiger partial charge in [-0.1, -0.05) is 36.9 Å². The zero-order chi connectivity index (χ0) is 16.9. The van der Waals surface area contributed by atoms with Crippen LogP contribution in [0, 0.1) is 13.8 Å². The van der Waals surface area contributed by atoms with E-state index in [1.165, 1.54) is 34.4 Å². The van der Waals surface area contributed by atoms with Crippen LogP contribution in [-0.2, 0) is 11.2 Å². The Bertz CT molecular complexity index is 675. The highest BCUT2D eigenvalue weighted by Crippen LogP contribution is 2.26. The summed E-state index contributed by atoms with van der Waals surface area (Å²) in [4.78, 5) is 9.60. The molecule has 0 aromatic heterocycles. The van der Waals surface area contributed by atoms with Crippen molar-refractivity contribution in [3.05, 3.63) is 59.2 Å². The largest absolute Gasteiger partial charge is 0.478 e. The van der Waals surface area contributed by atoms with Crippen molar-refractivity contribution in [1.82, 2.24) is 0 Å². The molecule has 1 unspecified atom stereocenters. The lowest BCUT2D eigenvalue weighted by atomic mass is 9.92. The van der Waals surface area contributed by atoms with Crippen LogP contribution in [-0.4, -0.2) is 17.1 Å². The van der Waals surface area contributed by atoms with Gasteiger partial charge in [0.05, 0.1) is 0 Å². The lowest BCUT2D eigenvalue weighted by Gasteiger charge is -2.15. The molecule has 0 bridgehead atoms. The van der Waals surface area contributed by atoms with E-state index in [2.05, 4.69) is 57.7 Å². The monoisotopic (exact) mass is 299 g/mol. The van der Waals surface area contributed by atoms with Crippen molar-refractivity contribution in [2.24, 2.45) is 5.73 Å². The summed E-state index contributed by atoms with van der Waals surface area (Å²) in [5.74, 6) is -0.935. The molecular formula is C19H25NO2. The third-order valence-corrected chi connectivity index (χ3v) is 3.59. The maximum Gasteiger partial charge on any atom is 0.330 e. The summed E-state index contributed by atoms with van der Waals surface area (Å²) < 4.78 is 0. The molecule has 0 heterocycles. The van der Waals surface area contributed by atoms with E-state index in [9.17, 15) is 4.79 Å². The Kier molecular flexibility index (Phi) is 6.32. The smallest absolute Gasteiger partial charge is 0.330 e. The topological polar surface area (TPSA) is 63.3 Å². The van der Waals surface area contributed by atoms with Gasteiger partial charge in [0.15, 0.2) is 0 Å². The fourth-order valence-electron chi connectivity index (χ4n) is 2.26. The number of hydrogen-bond acceptors (Lipinski definition) is 2. The van der Waals surface area contributed by atoms with Crippen molar-refractivity contribution in [2.75, 3.05) is 0 Å². The Morgan fingerprint density at radius 2 is 1.86 bits per heavy atom. The van der Waals surface area contributed by atoms with E-state index in [4.69, 9.17) is 10.8 Å². The van der Waals surface area contributed by atoms with E-state index >= 15 is 0 Å². The Morgan fingerprint density at radius 1 is 1.32 bits per heavy atom. The van der Waals surface area contributed by atoms with Gasteiger partial charge in [-0.15, -0.1) is 0 Å². The molecule has 0 saturated carbocycles. The summed E-state index contributed by atoms with van der Waals surface area (Å²) in [5.41, 5.74) is 10.3. The molecule has 0 saturated heterocycles. The molecule has 0 amide bonds. The van der Waals surface area contributed by atoms with Gasteiger partial charge < -0.3 is 10.8 Å². The summed E-state index contributed by atoms with van der Waals surface area (Å²) in [6.45, 7) is 11.0. The average Bonchev–Trinajstić information content (AvgIpc) is 2.44. The van der Waals surface area contributed by atoms with Crippen molar-refractivity contribution in [3.8, 4) is 0 Å². The minimum Gasteiger partial charge on any atom is -0.478 e. The molecule has 118 valence electrons. The molecule has 3 nitrogen and oxygen atoms in total. The quantitative estimate of drug-likeness (QED) is 0.842. The van der Waals surface area contributed by atoms with Gasteiger partial charge in [0, 0.05) is 11.6 Å². The van der Waals surface area contributed by atoms with Crippen LogP contribution in [0.2, 0.25) is 0 Å². The lowest BCUT2D eigenvalue weighted by molar-refractivity contribution is -0.132. The van der Waals surface area contributed by atoms with Gasteiger partial charge in [-0.3, -0.25) is 0 Å². The van der Waals surface area contributed by atoms with E-state index in [0.29, 0.717) is 0 Å². The number of hydrogen-bond donors (Lipinski definition) is 2. The van der Waals surface area contributed by atoms with Crippen molar-refractivity contribution in [1.29, 1.82) is 0 Å². The predicted octanol–water partition coefficient (Wildman–Crippen LogP) is 3.99. The van der Waals surface area contributed by atoms with E-state index in [0.717, 1.165) is 6.42 Å². The van der Waals surface area contributed by atoms with Crippen LogP contribution in [0.25, 0.3) is 10.8 Å². The Balaban J connectivity index is 0.000000346. The Hall–Kier alpha value is -2.13. The zero-order valence-electron chi connectivity index (χ0n) is 13.8. The van der Waals surface area contributed by atoms with Gasteiger partial charge in [-0.05, 0) is 61.6 Å². The van der Waals surface area contributed by atoms with Gasteiger partial charge in [-0.2, -0.15) is 0 Å². The maximum atomic E-state index is 9.60. The number of fused-ring (bicyclic) bond motifs is 1. The van der Waals surface area contributed by atoms with E-state index in [1.54, 1.807) is 0 Å². The predicted molar refractivity (Wildman–Crippen MR) is 93.2 cm³/mol. The van der Waals surface area contributed by atoms with E-state index < -0.39 is 5.97 Å². The number of carboxylic acids is 1. The third-order valence-electron chi connectivity index (χ3n) is 3.59. The Morgan fingerprint density at radius 3 is 2.36 bits per heavy atom. The molecule has 0 fully saturated rings. The van der Waals surface area contributed by atoms with Crippen molar-refractivity contribution < 1.29 is 9.90 Å². The summed E-state index contributed by atoms with van der Waals surface area (Å²) in [6.07, 6.45) is 0.952. The first-order valence-corrected chi connectivity index (χ1v) is 7.36. The first-order valence-electron chi connectivity index (χ1n) is 7.36. The molecule has 1 atom stereocenters. The first kappa shape index (κ1) is 17.9. The molecule has 2 rings (SSSR count). The fourth-order valence-corrected chi connectivity index (χ4v) is 2.26. The van der Waals surface area contributed by atoms with E-state index in [1.807, 2.05) is 0 Å². The molecule has 3 heteroatoms. The maximum absolute atomic E-state index is 9.60. The van der Waals surface area contributed by atoms with Crippen molar-refractivity contribution in [3.63, 3.8) is 0 Å². The number of rotatable bonds is 3. The number of aliphatic carboxylic acids is 1. The first-order chi connectivity index (χ1) is 10.2. The van der Waals surface area contributed by atoms with E-state index in [-0.39, 0.29) is 11.6 Å². The zero-order valence-corrected chi connectivity index (χ0v) is 13.8. The van der Waals surface area contributed by atoms with Crippen LogP contribution in [0.3, 0.4) is 0 Å². The molecule has 0 radical (unpaired) electrons. The SMILES string of the molecule is C=C(C)C(=O)O.Cc1cc2ccccc2c(CC(C)N)c1C. The molecule has 0 aliphatic carbocycles. The minimum atomic E-state index is -0.935. The summed E-state index contributed by atoms with van der Waals surface area (Å²) in [7, 11) is 0. The van der Waals surface area contributed by atoms with Gasteiger partial charge in [0.2, 0.25) is 0 Å². The molecule has 22 heavy (non-hydrogen) atoms. The van der Waals surface area contributed by atoms with Crippen LogP contribution in [0.1, 0.15) is 30.5 Å². The lowest BCUT2D eigenvalue weighted by Crippen LogP contribution is -2.18. The standard InChI is InChI=1S/C15H19N.C4H6O2/c1-10-8-13-6-4-5-7-14(13)15(12(10)3)9-11(2)16;1-3(2)4(5)6/h4-8,11H,9,16H2,1-3H3;1H2,2H3,(H,5,6). The molecular weight excluding hydrogens is 274 g/mol. The minimum absolute atomic E-state index is 0.176. The van der Waals surface area contributed by atoms with Gasteiger partial charge in [0.25, 0.3) is 0 Å². The second-order valence-electron chi connectivity index (χ2n) is 5.79. The van der Waals surface area contributed by atoms with Gasteiger partial charge in [-0.25, -0.2) is 4.79 Å². The highest BCUT2D eigenvalue weighted by molar-refractivity contribution is 5.87. The normalized spacial score (nSPS) is 11.5. The van der Waals surface area contributed by atoms with Crippen LogP contribution in [0.5, 0.6) is 0 Å². The summed E-state index contributed by atoms with van der Waals surface area (Å²) in [6, 6.07) is 11.0. The molecule has 0 aliphatic heterocycles.